The maximum Gasteiger partial charge on any atom is 0.266 e. The highest BCUT2D eigenvalue weighted by Crippen LogP contribution is 2.25. The second kappa shape index (κ2) is 10.1. The Hall–Kier alpha value is -3.36. The van der Waals surface area contributed by atoms with Gasteiger partial charge < -0.3 is 10.1 Å². The summed E-state index contributed by atoms with van der Waals surface area (Å²) in [5, 5.41) is 3.59. The molecule has 6 nitrogen and oxygen atoms in total. The molecule has 0 aliphatic rings. The molecule has 0 saturated heterocycles. The molecule has 33 heavy (non-hydrogen) atoms. The van der Waals surface area contributed by atoms with E-state index < -0.39 is 5.82 Å². The molecule has 0 aliphatic carbocycles. The smallest absolute Gasteiger partial charge is 0.266 e. The predicted molar refractivity (Wildman–Crippen MR) is 129 cm³/mol. The van der Waals surface area contributed by atoms with Crippen LogP contribution in [0.4, 0.5) is 10.1 Å². The van der Waals surface area contributed by atoms with Gasteiger partial charge in [-0.25, -0.2) is 9.37 Å². The fourth-order valence-electron chi connectivity index (χ4n) is 3.20. The number of carbonyl (C=O) groups excluding carboxylic acids is 1. The number of aromatic nitrogens is 2. The number of nitrogens with one attached hydrogen (secondary N) is 1. The lowest BCUT2D eigenvalue weighted by Gasteiger charge is -2.14. The number of fused-ring (bicyclic) bond motifs is 1. The molecule has 0 bridgehead atoms. The fraction of sp³-hybridized carbons (Fsp3) is 0.125. The number of carbonyl (C=O) groups is 1. The van der Waals surface area contributed by atoms with Gasteiger partial charge in [0.25, 0.3) is 5.56 Å². The monoisotopic (exact) mass is 483 g/mol. The third kappa shape index (κ3) is 5.18. The molecule has 4 aromatic rings. The van der Waals surface area contributed by atoms with Crippen molar-refractivity contribution in [3.8, 4) is 11.4 Å². The number of halogens is 2. The SMILES string of the molecule is CCOc1ccc(-n2c(SCC(=O)Nc3ccc(F)cc3Cl)nc3ccccc3c2=O)cc1. The minimum atomic E-state index is -0.493. The molecule has 1 amide bonds. The lowest BCUT2D eigenvalue weighted by Crippen LogP contribution is -2.23. The lowest BCUT2D eigenvalue weighted by molar-refractivity contribution is -0.113. The molecule has 4 rings (SSSR count). The summed E-state index contributed by atoms with van der Waals surface area (Å²) in [5.74, 6) is -0.204. The van der Waals surface area contributed by atoms with E-state index in [-0.39, 0.29) is 22.2 Å². The van der Waals surface area contributed by atoms with Crippen LogP contribution in [0.1, 0.15) is 6.92 Å². The number of nitrogens with zero attached hydrogens (tertiary/aromatic N) is 2. The number of anilines is 1. The van der Waals surface area contributed by atoms with E-state index in [4.69, 9.17) is 16.3 Å². The molecule has 1 heterocycles. The summed E-state index contributed by atoms with van der Waals surface area (Å²) in [7, 11) is 0. The Bertz CT molecular complexity index is 1380. The zero-order chi connectivity index (χ0) is 23.4. The number of benzene rings is 3. The van der Waals surface area contributed by atoms with Crippen molar-refractivity contribution in [2.45, 2.75) is 12.1 Å². The van der Waals surface area contributed by atoms with E-state index in [1.807, 2.05) is 6.92 Å². The van der Waals surface area contributed by atoms with Crippen LogP contribution >= 0.6 is 23.4 Å². The standard InChI is InChI=1S/C24H19ClFN3O3S/c1-2-32-17-10-8-16(9-11-17)29-23(31)18-5-3-4-6-20(18)28-24(29)33-14-22(30)27-21-12-7-15(26)13-19(21)25/h3-13H,2,14H2,1H3,(H,27,30). The van der Waals surface area contributed by atoms with Crippen molar-refractivity contribution < 1.29 is 13.9 Å². The van der Waals surface area contributed by atoms with Crippen LogP contribution < -0.4 is 15.6 Å². The molecule has 1 N–H and O–H groups in total. The van der Waals surface area contributed by atoms with Gasteiger partial charge in [0.1, 0.15) is 11.6 Å². The highest BCUT2D eigenvalue weighted by atomic mass is 35.5. The van der Waals surface area contributed by atoms with Crippen molar-refractivity contribution >= 4 is 45.9 Å². The van der Waals surface area contributed by atoms with Crippen LogP contribution in [0.2, 0.25) is 5.02 Å². The van der Waals surface area contributed by atoms with Crippen LogP contribution in [-0.4, -0.2) is 27.8 Å². The van der Waals surface area contributed by atoms with Gasteiger partial charge in [-0.1, -0.05) is 35.5 Å². The van der Waals surface area contributed by atoms with Gasteiger partial charge in [-0.15, -0.1) is 0 Å². The van der Waals surface area contributed by atoms with Crippen molar-refractivity contribution in [1.29, 1.82) is 0 Å². The molecule has 0 spiro atoms. The molecular weight excluding hydrogens is 465 g/mol. The first kappa shape index (κ1) is 22.8. The maximum absolute atomic E-state index is 13.3. The summed E-state index contributed by atoms with van der Waals surface area (Å²) in [5.41, 5.74) is 1.20. The summed E-state index contributed by atoms with van der Waals surface area (Å²) in [4.78, 5) is 30.4. The molecule has 1 aromatic heterocycles. The zero-order valence-electron chi connectivity index (χ0n) is 17.5. The number of rotatable bonds is 7. The largest absolute Gasteiger partial charge is 0.494 e. The molecule has 0 radical (unpaired) electrons. The minimum Gasteiger partial charge on any atom is -0.494 e. The number of hydrogen-bond acceptors (Lipinski definition) is 5. The van der Waals surface area contributed by atoms with E-state index in [1.165, 1.54) is 16.7 Å². The first-order valence-corrected chi connectivity index (χ1v) is 11.5. The Morgan fingerprint density at radius 3 is 2.64 bits per heavy atom. The molecular formula is C24H19ClFN3O3S. The Balaban J connectivity index is 1.65. The topological polar surface area (TPSA) is 73.2 Å². The average molecular weight is 484 g/mol. The molecule has 0 atom stereocenters. The van der Waals surface area contributed by atoms with Crippen molar-refractivity contribution in [1.82, 2.24) is 9.55 Å². The number of hydrogen-bond donors (Lipinski definition) is 1. The molecule has 0 saturated carbocycles. The van der Waals surface area contributed by atoms with Crippen LogP contribution in [0.25, 0.3) is 16.6 Å². The van der Waals surface area contributed by atoms with Gasteiger partial charge in [-0.2, -0.15) is 0 Å². The molecule has 0 aliphatic heterocycles. The Labute approximate surface area is 198 Å². The number of thioether (sulfide) groups is 1. The molecule has 3 aromatic carbocycles. The van der Waals surface area contributed by atoms with Gasteiger partial charge in [-0.05, 0) is 61.5 Å². The van der Waals surface area contributed by atoms with E-state index >= 15 is 0 Å². The zero-order valence-corrected chi connectivity index (χ0v) is 19.1. The van der Waals surface area contributed by atoms with Gasteiger partial charge >= 0.3 is 0 Å². The van der Waals surface area contributed by atoms with Crippen LogP contribution in [-0.2, 0) is 4.79 Å². The van der Waals surface area contributed by atoms with Crippen molar-refractivity contribution in [3.05, 3.63) is 87.9 Å². The third-order valence-electron chi connectivity index (χ3n) is 4.69. The van der Waals surface area contributed by atoms with E-state index in [0.717, 1.165) is 17.8 Å². The molecule has 168 valence electrons. The van der Waals surface area contributed by atoms with Crippen LogP contribution in [0.15, 0.2) is 76.7 Å². The summed E-state index contributed by atoms with van der Waals surface area (Å²) in [6.45, 7) is 2.43. The lowest BCUT2D eigenvalue weighted by atomic mass is 10.2. The van der Waals surface area contributed by atoms with Gasteiger partial charge in [0, 0.05) is 0 Å². The van der Waals surface area contributed by atoms with Gasteiger partial charge in [0.2, 0.25) is 5.91 Å². The molecule has 9 heteroatoms. The Kier molecular flexibility index (Phi) is 6.96. The predicted octanol–water partition coefficient (Wildman–Crippen LogP) is 5.31. The van der Waals surface area contributed by atoms with Crippen molar-refractivity contribution in [3.63, 3.8) is 0 Å². The number of ether oxygens (including phenoxy) is 1. The van der Waals surface area contributed by atoms with Crippen LogP contribution in [0.5, 0.6) is 5.75 Å². The quantitative estimate of drug-likeness (QED) is 0.285. The highest BCUT2D eigenvalue weighted by Gasteiger charge is 2.15. The normalized spacial score (nSPS) is 10.9. The van der Waals surface area contributed by atoms with E-state index in [2.05, 4.69) is 10.3 Å². The Morgan fingerprint density at radius 1 is 1.15 bits per heavy atom. The minimum absolute atomic E-state index is 0.0322. The first-order valence-electron chi connectivity index (χ1n) is 10.1. The second-order valence-electron chi connectivity index (χ2n) is 6.94. The number of amides is 1. The van der Waals surface area contributed by atoms with Crippen LogP contribution in [0, 0.1) is 5.82 Å². The van der Waals surface area contributed by atoms with E-state index in [1.54, 1.807) is 48.5 Å². The third-order valence-corrected chi connectivity index (χ3v) is 5.94. The van der Waals surface area contributed by atoms with Crippen molar-refractivity contribution in [2.24, 2.45) is 0 Å². The van der Waals surface area contributed by atoms with E-state index in [9.17, 15) is 14.0 Å². The van der Waals surface area contributed by atoms with Crippen LogP contribution in [0.3, 0.4) is 0 Å². The fourth-order valence-corrected chi connectivity index (χ4v) is 4.23. The van der Waals surface area contributed by atoms with E-state index in [0.29, 0.717) is 39.8 Å². The summed E-state index contributed by atoms with van der Waals surface area (Å²) in [6, 6.07) is 17.9. The summed E-state index contributed by atoms with van der Waals surface area (Å²) >= 11 is 7.10. The first-order chi connectivity index (χ1) is 16.0. The second-order valence-corrected chi connectivity index (χ2v) is 8.29. The molecule has 0 fully saturated rings. The highest BCUT2D eigenvalue weighted by molar-refractivity contribution is 7.99. The Morgan fingerprint density at radius 2 is 1.91 bits per heavy atom. The average Bonchev–Trinajstić information content (AvgIpc) is 2.81. The van der Waals surface area contributed by atoms with Gasteiger partial charge in [0.15, 0.2) is 5.16 Å². The summed E-state index contributed by atoms with van der Waals surface area (Å²) < 4.78 is 20.2. The van der Waals surface area contributed by atoms with Gasteiger partial charge in [-0.3, -0.25) is 14.2 Å². The summed E-state index contributed by atoms with van der Waals surface area (Å²) in [6.07, 6.45) is 0. The van der Waals surface area contributed by atoms with Crippen molar-refractivity contribution in [2.75, 3.05) is 17.7 Å². The maximum atomic E-state index is 13.3. The number of para-hydroxylation sites is 1. The van der Waals surface area contributed by atoms with Gasteiger partial charge in [0.05, 0.1) is 39.7 Å². The molecule has 0 unspecified atom stereocenters.